The van der Waals surface area contributed by atoms with Gasteiger partial charge in [0.15, 0.2) is 5.78 Å². The summed E-state index contributed by atoms with van der Waals surface area (Å²) < 4.78 is 1.64. The predicted octanol–water partition coefficient (Wildman–Crippen LogP) is 5.21. The average Bonchev–Trinajstić information content (AvgIpc) is 2.76. The Morgan fingerprint density at radius 2 is 1.68 bits per heavy atom. The second-order valence-corrected chi connectivity index (χ2v) is 9.74. The Hall–Kier alpha value is -2.19. The van der Waals surface area contributed by atoms with Gasteiger partial charge in [0.05, 0.1) is 0 Å². The molecule has 162 valence electrons. The van der Waals surface area contributed by atoms with Crippen LogP contribution in [0.1, 0.15) is 41.6 Å². The van der Waals surface area contributed by atoms with Crippen molar-refractivity contribution in [3.8, 4) is 0 Å². The maximum Gasteiger partial charge on any atom is 0.322 e. The molecule has 1 saturated heterocycles. The van der Waals surface area contributed by atoms with Crippen molar-refractivity contribution >= 4 is 55.3 Å². The number of halogens is 2. The molecule has 1 N–H and O–H groups in total. The van der Waals surface area contributed by atoms with Crippen LogP contribution in [0.25, 0.3) is 0 Å². The zero-order valence-corrected chi connectivity index (χ0v) is 20.1. The van der Waals surface area contributed by atoms with Crippen LogP contribution in [0.4, 0.5) is 10.5 Å². The zero-order valence-electron chi connectivity index (χ0n) is 16.9. The number of nitrogens with one attached hydrogen (secondary N) is 1. The second kappa shape index (κ2) is 9.53. The molecule has 6 nitrogen and oxygen atoms in total. The molecule has 0 saturated carbocycles. The van der Waals surface area contributed by atoms with Gasteiger partial charge < -0.3 is 15.1 Å². The fourth-order valence-electron chi connectivity index (χ4n) is 4.18. The van der Waals surface area contributed by atoms with E-state index >= 15 is 0 Å². The molecule has 0 spiro atoms. The van der Waals surface area contributed by atoms with Gasteiger partial charge >= 0.3 is 6.03 Å². The molecule has 31 heavy (non-hydrogen) atoms. The number of para-hydroxylation sites is 1. The highest BCUT2D eigenvalue weighted by Gasteiger charge is 2.32. The SMILES string of the molecule is O=C(CCC(=O)N1CCC(N2Cc3ccccc3NC2=O)CC1)c1cc(Br)cc(Br)c1. The van der Waals surface area contributed by atoms with E-state index in [2.05, 4.69) is 37.2 Å². The van der Waals surface area contributed by atoms with Crippen molar-refractivity contribution < 1.29 is 14.4 Å². The molecule has 2 aliphatic heterocycles. The normalized spacial score (nSPS) is 16.6. The second-order valence-electron chi connectivity index (χ2n) is 7.91. The molecule has 0 radical (unpaired) electrons. The summed E-state index contributed by atoms with van der Waals surface area (Å²) in [6, 6.07) is 13.3. The van der Waals surface area contributed by atoms with Crippen LogP contribution < -0.4 is 5.32 Å². The molecule has 2 aromatic rings. The molecule has 2 heterocycles. The molecular weight excluding hydrogens is 526 g/mol. The zero-order chi connectivity index (χ0) is 22.0. The van der Waals surface area contributed by atoms with Gasteiger partial charge in [0.1, 0.15) is 0 Å². The van der Waals surface area contributed by atoms with E-state index < -0.39 is 0 Å². The van der Waals surface area contributed by atoms with Gasteiger partial charge in [0.25, 0.3) is 0 Å². The highest BCUT2D eigenvalue weighted by atomic mass is 79.9. The average molecular weight is 549 g/mol. The van der Waals surface area contributed by atoms with Crippen molar-refractivity contribution in [1.82, 2.24) is 9.80 Å². The first-order valence-corrected chi connectivity index (χ1v) is 11.9. The van der Waals surface area contributed by atoms with Crippen molar-refractivity contribution in [1.29, 1.82) is 0 Å². The minimum absolute atomic E-state index is 0.00527. The summed E-state index contributed by atoms with van der Waals surface area (Å²) in [4.78, 5) is 41.3. The van der Waals surface area contributed by atoms with Gasteiger partial charge in [-0.25, -0.2) is 4.79 Å². The Balaban J connectivity index is 1.28. The van der Waals surface area contributed by atoms with E-state index in [4.69, 9.17) is 0 Å². The van der Waals surface area contributed by atoms with Gasteiger partial charge in [-0.15, -0.1) is 0 Å². The third-order valence-electron chi connectivity index (χ3n) is 5.87. The van der Waals surface area contributed by atoms with Gasteiger partial charge in [0, 0.05) is 58.7 Å². The lowest BCUT2D eigenvalue weighted by Crippen LogP contribution is -2.51. The van der Waals surface area contributed by atoms with Gasteiger partial charge in [-0.2, -0.15) is 0 Å². The molecule has 0 aliphatic carbocycles. The Morgan fingerprint density at radius 1 is 1.00 bits per heavy atom. The van der Waals surface area contributed by atoms with Crippen LogP contribution >= 0.6 is 31.9 Å². The number of likely N-dealkylation sites (tertiary alicyclic amines) is 1. The standard InChI is InChI=1S/C23H23Br2N3O3/c24-17-11-16(12-18(25)13-17)21(29)5-6-22(30)27-9-7-19(8-10-27)28-14-15-3-1-2-4-20(15)26-23(28)31/h1-4,11-13,19H,5-10,14H2,(H,26,31). The fourth-order valence-corrected chi connectivity index (χ4v) is 5.48. The molecule has 0 bridgehead atoms. The number of anilines is 1. The molecule has 0 aromatic heterocycles. The Morgan fingerprint density at radius 3 is 2.39 bits per heavy atom. The van der Waals surface area contributed by atoms with Crippen molar-refractivity contribution in [2.75, 3.05) is 18.4 Å². The van der Waals surface area contributed by atoms with Crippen LogP contribution in [0.3, 0.4) is 0 Å². The summed E-state index contributed by atoms with van der Waals surface area (Å²) in [7, 11) is 0. The maximum atomic E-state index is 12.6. The van der Waals surface area contributed by atoms with Crippen LogP contribution in [0.5, 0.6) is 0 Å². The molecule has 3 amide bonds. The largest absolute Gasteiger partial charge is 0.343 e. The van der Waals surface area contributed by atoms with Crippen LogP contribution in [0.2, 0.25) is 0 Å². The van der Waals surface area contributed by atoms with E-state index in [1.54, 1.807) is 12.1 Å². The lowest BCUT2D eigenvalue weighted by Gasteiger charge is -2.40. The molecule has 0 atom stereocenters. The number of amides is 3. The van der Waals surface area contributed by atoms with E-state index in [0.29, 0.717) is 25.2 Å². The molecule has 2 aromatic carbocycles. The highest BCUT2D eigenvalue weighted by molar-refractivity contribution is 9.11. The Labute approximate surface area is 198 Å². The first-order valence-electron chi connectivity index (χ1n) is 10.3. The minimum atomic E-state index is -0.0748. The lowest BCUT2D eigenvalue weighted by atomic mass is 10.00. The van der Waals surface area contributed by atoms with Crippen molar-refractivity contribution in [2.24, 2.45) is 0 Å². The number of carbonyl (C=O) groups excluding carboxylic acids is 3. The molecule has 8 heteroatoms. The molecular formula is C23H23Br2N3O3. The number of carbonyl (C=O) groups is 3. The van der Waals surface area contributed by atoms with Crippen molar-refractivity contribution in [3.05, 3.63) is 62.5 Å². The maximum absolute atomic E-state index is 12.6. The lowest BCUT2D eigenvalue weighted by molar-refractivity contribution is -0.132. The van der Waals surface area contributed by atoms with Gasteiger partial charge in [0.2, 0.25) is 5.91 Å². The fraction of sp³-hybridized carbons (Fsp3) is 0.348. The predicted molar refractivity (Wildman–Crippen MR) is 126 cm³/mol. The monoisotopic (exact) mass is 547 g/mol. The molecule has 2 aliphatic rings. The van der Waals surface area contributed by atoms with Crippen LogP contribution in [0, 0.1) is 0 Å². The topological polar surface area (TPSA) is 69.7 Å². The van der Waals surface area contributed by atoms with Crippen molar-refractivity contribution in [3.63, 3.8) is 0 Å². The number of urea groups is 1. The summed E-state index contributed by atoms with van der Waals surface area (Å²) in [6.45, 7) is 1.80. The van der Waals surface area contributed by atoms with E-state index in [1.165, 1.54) is 0 Å². The number of Topliss-reactive ketones (excluding diaryl/α,β-unsaturated/α-hetero) is 1. The van der Waals surface area contributed by atoms with Crippen LogP contribution in [-0.4, -0.2) is 46.7 Å². The summed E-state index contributed by atoms with van der Waals surface area (Å²) >= 11 is 6.77. The third-order valence-corrected chi connectivity index (χ3v) is 6.78. The number of rotatable bonds is 5. The number of ketones is 1. The summed E-state index contributed by atoms with van der Waals surface area (Å²) in [5.41, 5.74) is 2.57. The van der Waals surface area contributed by atoms with E-state index in [0.717, 1.165) is 33.0 Å². The summed E-state index contributed by atoms with van der Waals surface area (Å²) in [5.74, 6) is -0.0526. The summed E-state index contributed by atoms with van der Waals surface area (Å²) in [5, 5.41) is 2.96. The Kier molecular flexibility index (Phi) is 6.77. The number of hydrogen-bond donors (Lipinski definition) is 1. The number of benzene rings is 2. The van der Waals surface area contributed by atoms with E-state index in [9.17, 15) is 14.4 Å². The molecule has 0 unspecified atom stereocenters. The van der Waals surface area contributed by atoms with Gasteiger partial charge in [-0.1, -0.05) is 50.1 Å². The number of hydrogen-bond acceptors (Lipinski definition) is 3. The first-order chi connectivity index (χ1) is 14.9. The quantitative estimate of drug-likeness (QED) is 0.521. The Bertz CT molecular complexity index is 999. The van der Waals surface area contributed by atoms with Crippen LogP contribution in [-0.2, 0) is 11.3 Å². The molecule has 4 rings (SSSR count). The first kappa shape index (κ1) is 22.0. The number of fused-ring (bicyclic) bond motifs is 1. The van der Waals surface area contributed by atoms with E-state index in [1.807, 2.05) is 40.1 Å². The van der Waals surface area contributed by atoms with Gasteiger partial charge in [-0.05, 0) is 42.7 Å². The van der Waals surface area contributed by atoms with E-state index in [-0.39, 0.29) is 36.6 Å². The minimum Gasteiger partial charge on any atom is -0.343 e. The summed E-state index contributed by atoms with van der Waals surface area (Å²) in [6.07, 6.45) is 1.87. The van der Waals surface area contributed by atoms with Gasteiger partial charge in [-0.3, -0.25) is 9.59 Å². The number of piperidine rings is 1. The number of nitrogens with zero attached hydrogens (tertiary/aromatic N) is 2. The molecule has 1 fully saturated rings. The van der Waals surface area contributed by atoms with Crippen molar-refractivity contribution in [2.45, 2.75) is 38.3 Å². The highest BCUT2D eigenvalue weighted by Crippen LogP contribution is 2.28. The van der Waals surface area contributed by atoms with Crippen LogP contribution in [0.15, 0.2) is 51.4 Å². The third kappa shape index (κ3) is 5.18. The smallest absolute Gasteiger partial charge is 0.322 e.